The molecule has 1 fully saturated rings. The standard InChI is InChI=1S/C17H20F3N3O2/c18-17(19,20)8-5-12-3-1-2-4-14(12)21-11-15-22-16(25-23-15)13-6-9-24-10-7-13/h1-4,13,21H,5-11H2. The molecule has 1 aliphatic rings. The van der Waals surface area contributed by atoms with Crippen LogP contribution in [0.15, 0.2) is 28.8 Å². The van der Waals surface area contributed by atoms with Crippen molar-refractivity contribution in [1.29, 1.82) is 0 Å². The number of nitrogens with one attached hydrogen (secondary N) is 1. The second-order valence-electron chi connectivity index (χ2n) is 6.06. The maximum atomic E-state index is 12.4. The van der Waals surface area contributed by atoms with Gasteiger partial charge in [-0.3, -0.25) is 0 Å². The Morgan fingerprint density at radius 1 is 1.16 bits per heavy atom. The quantitative estimate of drug-likeness (QED) is 0.846. The highest BCUT2D eigenvalue weighted by Crippen LogP contribution is 2.27. The minimum absolute atomic E-state index is 0.0633. The lowest BCUT2D eigenvalue weighted by atomic mass is 10.0. The highest BCUT2D eigenvalue weighted by Gasteiger charge is 2.27. The number of halogens is 3. The van der Waals surface area contributed by atoms with Gasteiger partial charge in [0.2, 0.25) is 5.89 Å². The Balaban J connectivity index is 1.59. The molecule has 2 aromatic rings. The number of aromatic nitrogens is 2. The first-order chi connectivity index (χ1) is 12.0. The molecule has 1 aliphatic heterocycles. The molecule has 0 bridgehead atoms. The summed E-state index contributed by atoms with van der Waals surface area (Å²) in [7, 11) is 0. The molecule has 136 valence electrons. The molecule has 5 nitrogen and oxygen atoms in total. The Bertz CT molecular complexity index is 682. The first-order valence-electron chi connectivity index (χ1n) is 8.30. The third-order valence-corrected chi connectivity index (χ3v) is 4.19. The first kappa shape index (κ1) is 17.7. The van der Waals surface area contributed by atoms with Crippen molar-refractivity contribution < 1.29 is 22.4 Å². The molecule has 1 aromatic carbocycles. The van der Waals surface area contributed by atoms with Gasteiger partial charge in [-0.2, -0.15) is 18.2 Å². The fourth-order valence-electron chi connectivity index (χ4n) is 2.81. The molecule has 3 rings (SSSR count). The number of aryl methyl sites for hydroxylation is 1. The summed E-state index contributed by atoms with van der Waals surface area (Å²) in [5.74, 6) is 1.31. The Morgan fingerprint density at radius 2 is 1.92 bits per heavy atom. The summed E-state index contributed by atoms with van der Waals surface area (Å²) >= 11 is 0. The number of para-hydroxylation sites is 1. The molecule has 0 atom stereocenters. The molecule has 2 heterocycles. The molecule has 0 spiro atoms. The molecule has 25 heavy (non-hydrogen) atoms. The van der Waals surface area contributed by atoms with Crippen molar-refractivity contribution in [3.8, 4) is 0 Å². The maximum Gasteiger partial charge on any atom is 0.389 e. The van der Waals surface area contributed by atoms with E-state index in [0.717, 1.165) is 12.8 Å². The fourth-order valence-corrected chi connectivity index (χ4v) is 2.81. The summed E-state index contributed by atoms with van der Waals surface area (Å²) in [6, 6.07) is 6.96. The van der Waals surface area contributed by atoms with Crippen molar-refractivity contribution in [3.05, 3.63) is 41.5 Å². The van der Waals surface area contributed by atoms with Crippen molar-refractivity contribution in [3.63, 3.8) is 0 Å². The van der Waals surface area contributed by atoms with Crippen LogP contribution in [0.5, 0.6) is 0 Å². The van der Waals surface area contributed by atoms with Gasteiger partial charge < -0.3 is 14.6 Å². The number of anilines is 1. The zero-order valence-electron chi connectivity index (χ0n) is 13.7. The van der Waals surface area contributed by atoms with Gasteiger partial charge in [-0.25, -0.2) is 0 Å². The lowest BCUT2D eigenvalue weighted by Crippen LogP contribution is -2.14. The van der Waals surface area contributed by atoms with Gasteiger partial charge in [0.1, 0.15) is 0 Å². The molecule has 1 saturated heterocycles. The number of ether oxygens (including phenoxy) is 1. The summed E-state index contributed by atoms with van der Waals surface area (Å²) in [5.41, 5.74) is 1.28. The minimum atomic E-state index is -4.17. The molecule has 0 radical (unpaired) electrons. The monoisotopic (exact) mass is 355 g/mol. The average Bonchev–Trinajstić information content (AvgIpc) is 3.08. The topological polar surface area (TPSA) is 60.2 Å². The normalized spacial score (nSPS) is 16.1. The number of hydrogen-bond donors (Lipinski definition) is 1. The van der Waals surface area contributed by atoms with Crippen LogP contribution in [0.4, 0.5) is 18.9 Å². The van der Waals surface area contributed by atoms with E-state index in [1.807, 2.05) is 0 Å². The van der Waals surface area contributed by atoms with Gasteiger partial charge in [0.15, 0.2) is 5.82 Å². The fraction of sp³-hybridized carbons (Fsp3) is 0.529. The molecular weight excluding hydrogens is 335 g/mol. The van der Waals surface area contributed by atoms with E-state index in [0.29, 0.717) is 42.7 Å². The van der Waals surface area contributed by atoms with E-state index in [-0.39, 0.29) is 12.3 Å². The lowest BCUT2D eigenvalue weighted by Gasteiger charge is -2.17. The van der Waals surface area contributed by atoms with Crippen LogP contribution in [0.1, 0.15) is 42.5 Å². The van der Waals surface area contributed by atoms with Gasteiger partial charge in [-0.15, -0.1) is 0 Å². The van der Waals surface area contributed by atoms with E-state index < -0.39 is 12.6 Å². The third-order valence-electron chi connectivity index (χ3n) is 4.19. The Labute approximate surface area is 143 Å². The summed E-state index contributed by atoms with van der Waals surface area (Å²) < 4.78 is 47.9. The zero-order chi connectivity index (χ0) is 17.7. The van der Waals surface area contributed by atoms with Crippen LogP contribution in [0.3, 0.4) is 0 Å². The number of nitrogens with zero attached hydrogens (tertiary/aromatic N) is 2. The van der Waals surface area contributed by atoms with E-state index in [1.165, 1.54) is 0 Å². The highest BCUT2D eigenvalue weighted by molar-refractivity contribution is 5.51. The molecule has 0 unspecified atom stereocenters. The van der Waals surface area contributed by atoms with E-state index in [4.69, 9.17) is 9.26 Å². The molecule has 1 N–H and O–H groups in total. The van der Waals surface area contributed by atoms with Crippen LogP contribution in [0.2, 0.25) is 0 Å². The first-order valence-corrected chi connectivity index (χ1v) is 8.30. The van der Waals surface area contributed by atoms with Crippen LogP contribution < -0.4 is 5.32 Å². The van der Waals surface area contributed by atoms with Crippen molar-refractivity contribution in [1.82, 2.24) is 10.1 Å². The average molecular weight is 355 g/mol. The molecular formula is C17H20F3N3O2. The summed E-state index contributed by atoms with van der Waals surface area (Å²) in [5, 5.41) is 7.06. The van der Waals surface area contributed by atoms with E-state index in [9.17, 15) is 13.2 Å². The van der Waals surface area contributed by atoms with Crippen molar-refractivity contribution in [2.45, 2.75) is 44.3 Å². The zero-order valence-corrected chi connectivity index (χ0v) is 13.7. The lowest BCUT2D eigenvalue weighted by molar-refractivity contribution is -0.133. The predicted molar refractivity (Wildman–Crippen MR) is 85.2 cm³/mol. The van der Waals surface area contributed by atoms with E-state index in [1.54, 1.807) is 24.3 Å². The molecule has 1 aromatic heterocycles. The second kappa shape index (κ2) is 7.86. The van der Waals surface area contributed by atoms with Crippen molar-refractivity contribution >= 4 is 5.69 Å². The summed E-state index contributed by atoms with van der Waals surface area (Å²) in [4.78, 5) is 4.39. The number of alkyl halides is 3. The predicted octanol–water partition coefficient (Wildman–Crippen LogP) is 4.07. The summed E-state index contributed by atoms with van der Waals surface area (Å²) in [6.45, 7) is 1.68. The molecule has 0 saturated carbocycles. The molecule has 0 amide bonds. The number of benzene rings is 1. The highest BCUT2D eigenvalue weighted by atomic mass is 19.4. The van der Waals surface area contributed by atoms with Gasteiger partial charge in [0.05, 0.1) is 6.54 Å². The maximum absolute atomic E-state index is 12.4. The largest absolute Gasteiger partial charge is 0.389 e. The summed E-state index contributed by atoms with van der Waals surface area (Å²) in [6.07, 6.45) is -3.36. The van der Waals surface area contributed by atoms with Crippen LogP contribution >= 0.6 is 0 Å². The van der Waals surface area contributed by atoms with Gasteiger partial charge in [-0.1, -0.05) is 23.4 Å². The van der Waals surface area contributed by atoms with Gasteiger partial charge in [0, 0.05) is 31.2 Å². The van der Waals surface area contributed by atoms with Crippen molar-refractivity contribution in [2.24, 2.45) is 0 Å². The number of hydrogen-bond acceptors (Lipinski definition) is 5. The smallest absolute Gasteiger partial charge is 0.381 e. The van der Waals surface area contributed by atoms with Gasteiger partial charge >= 0.3 is 6.18 Å². The molecule has 0 aliphatic carbocycles. The van der Waals surface area contributed by atoms with Gasteiger partial charge in [0.25, 0.3) is 0 Å². The Morgan fingerprint density at radius 3 is 2.68 bits per heavy atom. The third kappa shape index (κ3) is 5.19. The minimum Gasteiger partial charge on any atom is -0.381 e. The SMILES string of the molecule is FC(F)(F)CCc1ccccc1NCc1noc(C2CCOCC2)n1. The second-order valence-corrected chi connectivity index (χ2v) is 6.06. The van der Waals surface area contributed by atoms with Gasteiger partial charge in [-0.05, 0) is 30.9 Å². The van der Waals surface area contributed by atoms with Crippen molar-refractivity contribution in [2.75, 3.05) is 18.5 Å². The molecule has 8 heteroatoms. The van der Waals surface area contributed by atoms with E-state index in [2.05, 4.69) is 15.5 Å². The van der Waals surface area contributed by atoms with Crippen LogP contribution in [-0.2, 0) is 17.7 Å². The van der Waals surface area contributed by atoms with Crippen LogP contribution in [0.25, 0.3) is 0 Å². The Kier molecular flexibility index (Phi) is 5.57. The van der Waals surface area contributed by atoms with Crippen LogP contribution in [0, 0.1) is 0 Å². The number of rotatable bonds is 6. The van der Waals surface area contributed by atoms with Crippen LogP contribution in [-0.4, -0.2) is 29.5 Å². The van der Waals surface area contributed by atoms with E-state index >= 15 is 0 Å². The Hall–Kier alpha value is -2.09.